The number of rotatable bonds is 3. The van der Waals surface area contributed by atoms with Crippen LogP contribution in [0.5, 0.6) is 0 Å². The highest BCUT2D eigenvalue weighted by molar-refractivity contribution is 7.98. The predicted octanol–water partition coefficient (Wildman–Crippen LogP) is 2.34. The van der Waals surface area contributed by atoms with Crippen LogP contribution in [0, 0.1) is 0 Å². The van der Waals surface area contributed by atoms with Gasteiger partial charge in [0.2, 0.25) is 0 Å². The molecule has 0 atom stereocenters. The highest BCUT2D eigenvalue weighted by Gasteiger charge is 2.08. The lowest BCUT2D eigenvalue weighted by atomic mass is 10.0. The Morgan fingerprint density at radius 2 is 2.40 bits per heavy atom. The minimum Gasteiger partial charge on any atom is -0.481 e. The molecular formula is C11H11NO2S. The van der Waals surface area contributed by atoms with Crippen LogP contribution in [-0.2, 0) is 17.6 Å². The molecule has 78 valence electrons. The number of carbonyl (C=O) groups is 1. The second-order valence-electron chi connectivity index (χ2n) is 3.42. The van der Waals surface area contributed by atoms with Gasteiger partial charge >= 0.3 is 5.97 Å². The van der Waals surface area contributed by atoms with E-state index in [0.29, 0.717) is 6.42 Å². The zero-order valence-electron chi connectivity index (χ0n) is 8.14. The fourth-order valence-corrected chi connectivity index (χ4v) is 2.17. The summed E-state index contributed by atoms with van der Waals surface area (Å²) in [7, 11) is 0. The molecule has 1 heterocycles. The van der Waals surface area contributed by atoms with Gasteiger partial charge in [-0.25, -0.2) is 4.40 Å². The van der Waals surface area contributed by atoms with Gasteiger partial charge in [-0.15, -0.1) is 0 Å². The Morgan fingerprint density at radius 3 is 3.20 bits per heavy atom. The number of carboxylic acid groups (broad SMARTS) is 1. The Bertz CT molecular complexity index is 415. The summed E-state index contributed by atoms with van der Waals surface area (Å²) < 4.78 is 4.12. The van der Waals surface area contributed by atoms with Gasteiger partial charge in [-0.2, -0.15) is 0 Å². The highest BCUT2D eigenvalue weighted by Crippen LogP contribution is 2.28. The van der Waals surface area contributed by atoms with E-state index in [9.17, 15) is 4.79 Å². The van der Waals surface area contributed by atoms with Gasteiger partial charge in [0.15, 0.2) is 0 Å². The normalized spacial score (nSPS) is 13.6. The highest BCUT2D eigenvalue weighted by atomic mass is 32.2. The molecule has 0 saturated heterocycles. The molecule has 1 aliphatic heterocycles. The molecule has 1 N–H and O–H groups in total. The first-order valence-electron chi connectivity index (χ1n) is 4.78. The fraction of sp³-hybridized carbons (Fsp3) is 0.273. The van der Waals surface area contributed by atoms with Crippen LogP contribution in [0.3, 0.4) is 0 Å². The Morgan fingerprint density at radius 1 is 1.53 bits per heavy atom. The number of benzene rings is 1. The SMILES string of the molecule is O=C(O)CCc1ccc2c(c1)CC=NS2. The topological polar surface area (TPSA) is 49.7 Å². The van der Waals surface area contributed by atoms with Gasteiger partial charge in [-0.3, -0.25) is 4.79 Å². The van der Waals surface area contributed by atoms with Crippen LogP contribution in [0.15, 0.2) is 27.5 Å². The van der Waals surface area contributed by atoms with Crippen LogP contribution in [0.2, 0.25) is 0 Å². The molecule has 1 aliphatic rings. The lowest BCUT2D eigenvalue weighted by Gasteiger charge is -2.10. The molecule has 4 heteroatoms. The van der Waals surface area contributed by atoms with Gasteiger partial charge in [0.25, 0.3) is 0 Å². The summed E-state index contributed by atoms with van der Waals surface area (Å²) in [5.74, 6) is -0.747. The molecule has 0 bridgehead atoms. The van der Waals surface area contributed by atoms with Crippen molar-refractivity contribution in [1.29, 1.82) is 0 Å². The van der Waals surface area contributed by atoms with Crippen LogP contribution < -0.4 is 0 Å². The standard InChI is InChI=1S/C11H11NO2S/c13-11(14)4-2-8-1-3-10-9(7-8)5-6-12-15-10/h1,3,6-7H,2,4-5H2,(H,13,14). The van der Waals surface area contributed by atoms with E-state index >= 15 is 0 Å². The van der Waals surface area contributed by atoms with Crippen molar-refractivity contribution in [2.24, 2.45) is 4.40 Å². The molecule has 1 aromatic carbocycles. The maximum Gasteiger partial charge on any atom is 0.303 e. The van der Waals surface area contributed by atoms with E-state index in [1.54, 1.807) is 0 Å². The maximum absolute atomic E-state index is 10.4. The molecule has 0 amide bonds. The van der Waals surface area contributed by atoms with E-state index in [0.717, 1.165) is 12.0 Å². The first-order valence-corrected chi connectivity index (χ1v) is 5.55. The average Bonchev–Trinajstić information content (AvgIpc) is 2.26. The van der Waals surface area contributed by atoms with E-state index in [1.807, 2.05) is 18.3 Å². The third-order valence-corrected chi connectivity index (χ3v) is 3.14. The molecule has 0 spiro atoms. The zero-order chi connectivity index (χ0) is 10.7. The number of hydrogen-bond donors (Lipinski definition) is 1. The number of nitrogens with zero attached hydrogens (tertiary/aromatic N) is 1. The minimum atomic E-state index is -0.747. The Labute approximate surface area is 92.4 Å². The molecule has 15 heavy (non-hydrogen) atoms. The molecule has 0 unspecified atom stereocenters. The zero-order valence-corrected chi connectivity index (χ0v) is 8.96. The van der Waals surface area contributed by atoms with Gasteiger partial charge < -0.3 is 5.11 Å². The molecule has 2 rings (SSSR count). The van der Waals surface area contributed by atoms with Crippen molar-refractivity contribution in [1.82, 2.24) is 0 Å². The summed E-state index contributed by atoms with van der Waals surface area (Å²) in [6.45, 7) is 0. The molecule has 0 aliphatic carbocycles. The summed E-state index contributed by atoms with van der Waals surface area (Å²) in [5.41, 5.74) is 2.34. The second-order valence-corrected chi connectivity index (χ2v) is 4.25. The minimum absolute atomic E-state index is 0.194. The molecule has 0 saturated carbocycles. The number of carboxylic acids is 1. The fourth-order valence-electron chi connectivity index (χ4n) is 1.52. The summed E-state index contributed by atoms with van der Waals surface area (Å²) in [5, 5.41) is 8.59. The summed E-state index contributed by atoms with van der Waals surface area (Å²) in [6.07, 6.45) is 3.53. The van der Waals surface area contributed by atoms with E-state index in [-0.39, 0.29) is 6.42 Å². The van der Waals surface area contributed by atoms with Crippen LogP contribution in [0.4, 0.5) is 0 Å². The van der Waals surface area contributed by atoms with Gasteiger partial charge in [0, 0.05) is 35.9 Å². The second kappa shape index (κ2) is 4.49. The number of fused-ring (bicyclic) bond motifs is 1. The first-order chi connectivity index (χ1) is 7.25. The van der Waals surface area contributed by atoms with Gasteiger partial charge in [-0.1, -0.05) is 12.1 Å². The van der Waals surface area contributed by atoms with Crippen molar-refractivity contribution in [3.63, 3.8) is 0 Å². The molecular weight excluding hydrogens is 210 g/mol. The number of hydrogen-bond acceptors (Lipinski definition) is 3. The van der Waals surface area contributed by atoms with E-state index in [2.05, 4.69) is 10.5 Å². The van der Waals surface area contributed by atoms with Gasteiger partial charge in [0.1, 0.15) is 0 Å². The van der Waals surface area contributed by atoms with Crippen molar-refractivity contribution >= 4 is 24.1 Å². The van der Waals surface area contributed by atoms with E-state index < -0.39 is 5.97 Å². The predicted molar refractivity (Wildman–Crippen MR) is 60.5 cm³/mol. The lowest BCUT2D eigenvalue weighted by molar-refractivity contribution is -0.136. The summed E-state index contributed by atoms with van der Waals surface area (Å²) in [6, 6.07) is 6.08. The molecule has 0 aromatic heterocycles. The largest absolute Gasteiger partial charge is 0.481 e. The molecule has 3 nitrogen and oxygen atoms in total. The van der Waals surface area contributed by atoms with E-state index in [1.165, 1.54) is 22.4 Å². The van der Waals surface area contributed by atoms with Crippen molar-refractivity contribution < 1.29 is 9.90 Å². The Kier molecular flexibility index (Phi) is 3.06. The Balaban J connectivity index is 2.12. The van der Waals surface area contributed by atoms with Gasteiger partial charge in [-0.05, 0) is 23.6 Å². The quantitative estimate of drug-likeness (QED) is 0.797. The van der Waals surface area contributed by atoms with Crippen LogP contribution in [0.25, 0.3) is 0 Å². The smallest absolute Gasteiger partial charge is 0.303 e. The van der Waals surface area contributed by atoms with Crippen molar-refractivity contribution in [3.05, 3.63) is 29.3 Å². The first kappa shape index (κ1) is 10.2. The molecule has 0 fully saturated rings. The van der Waals surface area contributed by atoms with Crippen molar-refractivity contribution in [2.45, 2.75) is 24.2 Å². The van der Waals surface area contributed by atoms with Crippen molar-refractivity contribution in [3.8, 4) is 0 Å². The summed E-state index contributed by atoms with van der Waals surface area (Å²) in [4.78, 5) is 11.6. The lowest BCUT2D eigenvalue weighted by Crippen LogP contribution is -2.00. The average molecular weight is 221 g/mol. The number of aliphatic carboxylic acids is 1. The van der Waals surface area contributed by atoms with Crippen LogP contribution >= 0.6 is 11.9 Å². The molecule has 0 radical (unpaired) electrons. The van der Waals surface area contributed by atoms with Gasteiger partial charge in [0.05, 0.1) is 0 Å². The molecule has 1 aromatic rings. The van der Waals surface area contributed by atoms with Crippen LogP contribution in [0.1, 0.15) is 17.5 Å². The monoisotopic (exact) mass is 221 g/mol. The van der Waals surface area contributed by atoms with Crippen molar-refractivity contribution in [2.75, 3.05) is 0 Å². The van der Waals surface area contributed by atoms with Crippen LogP contribution in [-0.4, -0.2) is 17.3 Å². The number of aryl methyl sites for hydroxylation is 1. The van der Waals surface area contributed by atoms with E-state index in [4.69, 9.17) is 5.11 Å². The third-order valence-electron chi connectivity index (χ3n) is 2.29. The maximum atomic E-state index is 10.4. The Hall–Kier alpha value is -1.29. The summed E-state index contributed by atoms with van der Waals surface area (Å²) >= 11 is 1.47. The third kappa shape index (κ3) is 2.59.